The SMILES string of the molecule is CCNC(=NCCNC(=O)c1ccc(OC)cc1)N1CCC(COCc2ccccc2)C1. The highest BCUT2D eigenvalue weighted by Gasteiger charge is 2.25. The molecule has 172 valence electrons. The summed E-state index contributed by atoms with van der Waals surface area (Å²) in [6.45, 7) is 7.18. The van der Waals surface area contributed by atoms with E-state index in [2.05, 4.69) is 34.6 Å². The number of carbonyl (C=O) groups excluding carboxylic acids is 1. The molecule has 1 amide bonds. The summed E-state index contributed by atoms with van der Waals surface area (Å²) in [5.74, 6) is 2.02. The molecule has 3 rings (SSSR count). The molecule has 1 atom stereocenters. The fraction of sp³-hybridized carbons (Fsp3) is 0.440. The van der Waals surface area contributed by atoms with E-state index in [1.54, 1.807) is 31.4 Å². The molecule has 2 aromatic rings. The fourth-order valence-electron chi connectivity index (χ4n) is 3.68. The van der Waals surface area contributed by atoms with Crippen LogP contribution in [0.2, 0.25) is 0 Å². The van der Waals surface area contributed by atoms with Crippen molar-refractivity contribution >= 4 is 11.9 Å². The second-order valence-electron chi connectivity index (χ2n) is 7.82. The van der Waals surface area contributed by atoms with E-state index < -0.39 is 0 Å². The topological polar surface area (TPSA) is 75.2 Å². The normalized spacial score (nSPS) is 16.1. The summed E-state index contributed by atoms with van der Waals surface area (Å²) in [5, 5.41) is 6.29. The molecule has 1 saturated heterocycles. The molecule has 1 unspecified atom stereocenters. The Kier molecular flexibility index (Phi) is 9.37. The number of nitrogens with zero attached hydrogens (tertiary/aromatic N) is 2. The molecule has 7 nitrogen and oxygen atoms in total. The number of carbonyl (C=O) groups is 1. The highest BCUT2D eigenvalue weighted by molar-refractivity contribution is 5.94. The Morgan fingerprint density at radius 1 is 1.12 bits per heavy atom. The van der Waals surface area contributed by atoms with Crippen molar-refractivity contribution in [2.75, 3.05) is 46.4 Å². The predicted octanol–water partition coefficient (Wildman–Crippen LogP) is 2.93. The van der Waals surface area contributed by atoms with Gasteiger partial charge >= 0.3 is 0 Å². The van der Waals surface area contributed by atoms with E-state index in [1.165, 1.54) is 5.56 Å². The van der Waals surface area contributed by atoms with E-state index in [0.717, 1.165) is 44.4 Å². The van der Waals surface area contributed by atoms with Crippen LogP contribution in [-0.2, 0) is 11.3 Å². The number of nitrogens with one attached hydrogen (secondary N) is 2. The van der Waals surface area contributed by atoms with Gasteiger partial charge in [-0.2, -0.15) is 0 Å². The van der Waals surface area contributed by atoms with Gasteiger partial charge in [0, 0.05) is 37.7 Å². The van der Waals surface area contributed by atoms with Gasteiger partial charge in [-0.3, -0.25) is 9.79 Å². The van der Waals surface area contributed by atoms with E-state index in [9.17, 15) is 4.79 Å². The number of likely N-dealkylation sites (tertiary alicyclic amines) is 1. The van der Waals surface area contributed by atoms with Gasteiger partial charge in [0.2, 0.25) is 0 Å². The maximum atomic E-state index is 12.3. The minimum Gasteiger partial charge on any atom is -0.497 e. The quantitative estimate of drug-likeness (QED) is 0.339. The molecule has 1 fully saturated rings. The van der Waals surface area contributed by atoms with Gasteiger partial charge in [0.25, 0.3) is 5.91 Å². The third-order valence-electron chi connectivity index (χ3n) is 5.40. The van der Waals surface area contributed by atoms with E-state index in [0.29, 0.717) is 31.2 Å². The molecule has 7 heteroatoms. The summed E-state index contributed by atoms with van der Waals surface area (Å²) in [6, 6.07) is 17.3. The summed E-state index contributed by atoms with van der Waals surface area (Å²) in [4.78, 5) is 19.3. The first-order chi connectivity index (χ1) is 15.7. The monoisotopic (exact) mass is 438 g/mol. The van der Waals surface area contributed by atoms with Gasteiger partial charge in [0.15, 0.2) is 5.96 Å². The van der Waals surface area contributed by atoms with Gasteiger partial charge in [0.05, 0.1) is 26.9 Å². The van der Waals surface area contributed by atoms with E-state index in [1.807, 2.05) is 18.2 Å². The molecule has 0 saturated carbocycles. The Balaban J connectivity index is 1.41. The van der Waals surface area contributed by atoms with Crippen LogP contribution in [0.3, 0.4) is 0 Å². The number of rotatable bonds is 10. The fourth-order valence-corrected chi connectivity index (χ4v) is 3.68. The van der Waals surface area contributed by atoms with E-state index in [4.69, 9.17) is 14.5 Å². The lowest BCUT2D eigenvalue weighted by atomic mass is 10.1. The van der Waals surface area contributed by atoms with Gasteiger partial charge in [-0.05, 0) is 43.2 Å². The first-order valence-electron chi connectivity index (χ1n) is 11.3. The molecular weight excluding hydrogens is 404 g/mol. The molecule has 0 radical (unpaired) electrons. The van der Waals surface area contributed by atoms with Crippen LogP contribution in [0.5, 0.6) is 5.75 Å². The molecule has 1 heterocycles. The van der Waals surface area contributed by atoms with Gasteiger partial charge in [-0.25, -0.2) is 0 Å². The molecule has 0 bridgehead atoms. The van der Waals surface area contributed by atoms with Crippen molar-refractivity contribution in [3.63, 3.8) is 0 Å². The van der Waals surface area contributed by atoms with Gasteiger partial charge in [-0.15, -0.1) is 0 Å². The number of methoxy groups -OCH3 is 1. The van der Waals surface area contributed by atoms with Crippen molar-refractivity contribution in [1.82, 2.24) is 15.5 Å². The van der Waals surface area contributed by atoms with Crippen LogP contribution in [-0.4, -0.2) is 63.2 Å². The maximum Gasteiger partial charge on any atom is 0.251 e. The van der Waals surface area contributed by atoms with Gasteiger partial charge in [-0.1, -0.05) is 30.3 Å². The molecule has 1 aliphatic rings. The lowest BCUT2D eigenvalue weighted by molar-refractivity contribution is 0.0906. The van der Waals surface area contributed by atoms with Crippen molar-refractivity contribution in [1.29, 1.82) is 0 Å². The molecule has 0 aromatic heterocycles. The molecule has 0 spiro atoms. The summed E-state index contributed by atoms with van der Waals surface area (Å²) in [5.41, 5.74) is 1.81. The van der Waals surface area contributed by atoms with Crippen molar-refractivity contribution in [2.24, 2.45) is 10.9 Å². The number of amides is 1. The number of ether oxygens (including phenoxy) is 2. The van der Waals surface area contributed by atoms with E-state index in [-0.39, 0.29) is 5.91 Å². The minimum atomic E-state index is -0.107. The highest BCUT2D eigenvalue weighted by atomic mass is 16.5. The lowest BCUT2D eigenvalue weighted by Crippen LogP contribution is -2.40. The molecule has 2 aromatic carbocycles. The second kappa shape index (κ2) is 12.7. The van der Waals surface area contributed by atoms with Crippen LogP contribution in [0.4, 0.5) is 0 Å². The van der Waals surface area contributed by atoms with Crippen LogP contribution in [0.1, 0.15) is 29.3 Å². The molecule has 0 aliphatic carbocycles. The number of hydrogen-bond acceptors (Lipinski definition) is 4. The van der Waals surface area contributed by atoms with Crippen LogP contribution >= 0.6 is 0 Å². The smallest absolute Gasteiger partial charge is 0.251 e. The van der Waals surface area contributed by atoms with Crippen LogP contribution < -0.4 is 15.4 Å². The van der Waals surface area contributed by atoms with Crippen molar-refractivity contribution in [2.45, 2.75) is 20.0 Å². The highest BCUT2D eigenvalue weighted by Crippen LogP contribution is 2.17. The third-order valence-corrected chi connectivity index (χ3v) is 5.40. The third kappa shape index (κ3) is 7.27. The summed E-state index contributed by atoms with van der Waals surface area (Å²) >= 11 is 0. The first kappa shape index (κ1) is 23.6. The zero-order valence-electron chi connectivity index (χ0n) is 19.0. The van der Waals surface area contributed by atoms with Crippen molar-refractivity contribution in [3.05, 3.63) is 65.7 Å². The minimum absolute atomic E-state index is 0.107. The molecule has 1 aliphatic heterocycles. The zero-order valence-corrected chi connectivity index (χ0v) is 19.0. The Morgan fingerprint density at radius 2 is 1.91 bits per heavy atom. The molecule has 32 heavy (non-hydrogen) atoms. The standard InChI is InChI=1S/C25H34N4O3/c1-3-26-25(28-15-14-27-24(30)22-9-11-23(31-2)12-10-22)29-16-13-21(17-29)19-32-18-20-7-5-4-6-8-20/h4-12,21H,3,13-19H2,1-2H3,(H,26,28)(H,27,30). The summed E-state index contributed by atoms with van der Waals surface area (Å²) in [6.07, 6.45) is 1.09. The predicted molar refractivity (Wildman–Crippen MR) is 127 cm³/mol. The van der Waals surface area contributed by atoms with Crippen LogP contribution in [0.25, 0.3) is 0 Å². The Morgan fingerprint density at radius 3 is 2.62 bits per heavy atom. The largest absolute Gasteiger partial charge is 0.497 e. The van der Waals surface area contributed by atoms with Gasteiger partial charge in [0.1, 0.15) is 5.75 Å². The summed E-state index contributed by atoms with van der Waals surface area (Å²) in [7, 11) is 1.61. The molecular formula is C25H34N4O3. The first-order valence-corrected chi connectivity index (χ1v) is 11.3. The van der Waals surface area contributed by atoms with Crippen molar-refractivity contribution in [3.8, 4) is 5.75 Å². The average molecular weight is 439 g/mol. The molecule has 2 N–H and O–H groups in total. The number of guanidine groups is 1. The summed E-state index contributed by atoms with van der Waals surface area (Å²) < 4.78 is 11.1. The average Bonchev–Trinajstić information content (AvgIpc) is 3.30. The Bertz CT molecular complexity index is 855. The lowest BCUT2D eigenvalue weighted by Gasteiger charge is -2.21. The van der Waals surface area contributed by atoms with Crippen molar-refractivity contribution < 1.29 is 14.3 Å². The Labute approximate surface area is 190 Å². The van der Waals surface area contributed by atoms with E-state index >= 15 is 0 Å². The van der Waals surface area contributed by atoms with Crippen LogP contribution in [0, 0.1) is 5.92 Å². The Hall–Kier alpha value is -3.06. The van der Waals surface area contributed by atoms with Gasteiger partial charge < -0.3 is 25.0 Å². The second-order valence-corrected chi connectivity index (χ2v) is 7.82. The number of benzene rings is 2. The zero-order chi connectivity index (χ0) is 22.6. The number of aliphatic imine (C=N–C) groups is 1. The maximum absolute atomic E-state index is 12.3. The number of hydrogen-bond donors (Lipinski definition) is 2. The van der Waals surface area contributed by atoms with Crippen LogP contribution in [0.15, 0.2) is 59.6 Å².